The molecule has 0 radical (unpaired) electrons. The Hall–Kier alpha value is -0.720. The number of nitriles is 1. The number of nitrogens with one attached hydrogen (secondary N) is 1. The van der Waals surface area contributed by atoms with Crippen LogP contribution in [0.25, 0.3) is 0 Å². The standard InChI is InChI=1S/C7H10N2S/c1-3-9-5-7(10)6(2)4-8/h9H,2-3,5H2,1H3. The fourth-order valence-electron chi connectivity index (χ4n) is 0.408. The van der Waals surface area contributed by atoms with Crippen molar-refractivity contribution in [2.75, 3.05) is 13.1 Å². The summed E-state index contributed by atoms with van der Waals surface area (Å²) in [6.07, 6.45) is 0. The zero-order valence-electron chi connectivity index (χ0n) is 5.98. The van der Waals surface area contributed by atoms with E-state index in [4.69, 9.17) is 17.5 Å². The number of hydrogen-bond acceptors (Lipinski definition) is 3. The molecule has 0 amide bonds. The summed E-state index contributed by atoms with van der Waals surface area (Å²) in [5.74, 6) is 0. The lowest BCUT2D eigenvalue weighted by molar-refractivity contribution is 0.822. The van der Waals surface area contributed by atoms with Crippen molar-refractivity contribution in [3.05, 3.63) is 12.2 Å². The normalized spacial score (nSPS) is 8.40. The van der Waals surface area contributed by atoms with Crippen LogP contribution < -0.4 is 5.32 Å². The molecule has 2 nitrogen and oxygen atoms in total. The van der Waals surface area contributed by atoms with Crippen molar-refractivity contribution in [3.8, 4) is 6.07 Å². The minimum atomic E-state index is 0.385. The first-order chi connectivity index (χ1) is 4.72. The molecule has 0 atom stereocenters. The molecule has 0 aliphatic rings. The van der Waals surface area contributed by atoms with Gasteiger partial charge in [-0.1, -0.05) is 25.7 Å². The van der Waals surface area contributed by atoms with Crippen LogP contribution in [0.5, 0.6) is 0 Å². The Labute approximate surface area is 66.5 Å². The molecule has 0 saturated heterocycles. The van der Waals surface area contributed by atoms with E-state index in [1.54, 1.807) is 0 Å². The van der Waals surface area contributed by atoms with Gasteiger partial charge in [-0.25, -0.2) is 0 Å². The molecule has 0 aromatic carbocycles. The predicted molar refractivity (Wildman–Crippen MR) is 45.9 cm³/mol. The third kappa shape index (κ3) is 3.33. The highest BCUT2D eigenvalue weighted by atomic mass is 32.1. The highest BCUT2D eigenvalue weighted by Gasteiger charge is 1.98. The van der Waals surface area contributed by atoms with Crippen molar-refractivity contribution in [1.82, 2.24) is 5.32 Å². The van der Waals surface area contributed by atoms with Gasteiger partial charge in [0.1, 0.15) is 0 Å². The molecule has 0 heterocycles. The van der Waals surface area contributed by atoms with Gasteiger partial charge >= 0.3 is 0 Å². The van der Waals surface area contributed by atoms with Gasteiger partial charge in [-0.15, -0.1) is 0 Å². The van der Waals surface area contributed by atoms with Crippen LogP contribution >= 0.6 is 12.2 Å². The first kappa shape index (κ1) is 9.28. The lowest BCUT2D eigenvalue weighted by atomic mass is 10.2. The fraction of sp³-hybridized carbons (Fsp3) is 0.429. The maximum absolute atomic E-state index is 8.34. The second kappa shape index (κ2) is 5.10. The zero-order chi connectivity index (χ0) is 7.98. The first-order valence-corrected chi connectivity index (χ1v) is 3.46. The van der Waals surface area contributed by atoms with Crippen LogP contribution in [0.2, 0.25) is 0 Å². The largest absolute Gasteiger partial charge is 0.312 e. The second-order valence-electron chi connectivity index (χ2n) is 1.79. The van der Waals surface area contributed by atoms with E-state index in [1.165, 1.54) is 0 Å². The summed E-state index contributed by atoms with van der Waals surface area (Å²) in [4.78, 5) is 0.601. The molecule has 0 saturated carbocycles. The number of hydrogen-bond donors (Lipinski definition) is 1. The molecule has 10 heavy (non-hydrogen) atoms. The predicted octanol–water partition coefficient (Wildman–Crippen LogP) is 1.05. The molecule has 0 rings (SSSR count). The molecule has 0 unspecified atom stereocenters. The van der Waals surface area contributed by atoms with E-state index in [-0.39, 0.29) is 0 Å². The SMILES string of the molecule is C=C(C#N)C(=S)CNCC. The maximum Gasteiger partial charge on any atom is 0.0997 e. The van der Waals surface area contributed by atoms with Gasteiger partial charge in [-0.05, 0) is 6.54 Å². The molecular weight excluding hydrogens is 144 g/mol. The Kier molecular flexibility index (Phi) is 4.73. The maximum atomic E-state index is 8.34. The van der Waals surface area contributed by atoms with Crippen LogP contribution in [0, 0.1) is 11.3 Å². The summed E-state index contributed by atoms with van der Waals surface area (Å²) in [6.45, 7) is 6.91. The molecule has 0 aliphatic heterocycles. The molecule has 0 fully saturated rings. The number of nitrogens with zero attached hydrogens (tertiary/aromatic N) is 1. The minimum Gasteiger partial charge on any atom is -0.312 e. The third-order valence-corrected chi connectivity index (χ3v) is 1.40. The van der Waals surface area contributed by atoms with E-state index < -0.39 is 0 Å². The summed E-state index contributed by atoms with van der Waals surface area (Å²) in [7, 11) is 0. The Morgan fingerprint density at radius 1 is 1.80 bits per heavy atom. The van der Waals surface area contributed by atoms with Gasteiger partial charge in [0.05, 0.1) is 11.6 Å². The Morgan fingerprint density at radius 2 is 2.40 bits per heavy atom. The summed E-state index contributed by atoms with van der Waals surface area (Å²) < 4.78 is 0. The van der Waals surface area contributed by atoms with Gasteiger partial charge in [0.25, 0.3) is 0 Å². The molecule has 3 heteroatoms. The van der Waals surface area contributed by atoms with E-state index in [0.29, 0.717) is 17.0 Å². The van der Waals surface area contributed by atoms with Gasteiger partial charge < -0.3 is 5.32 Å². The zero-order valence-corrected chi connectivity index (χ0v) is 6.79. The van der Waals surface area contributed by atoms with Gasteiger partial charge in [0.2, 0.25) is 0 Å². The van der Waals surface area contributed by atoms with E-state index in [1.807, 2.05) is 13.0 Å². The third-order valence-electron chi connectivity index (χ3n) is 1.01. The van der Waals surface area contributed by atoms with Crippen molar-refractivity contribution in [2.24, 2.45) is 0 Å². The van der Waals surface area contributed by atoms with Crippen LogP contribution in [0.4, 0.5) is 0 Å². The monoisotopic (exact) mass is 154 g/mol. The summed E-state index contributed by atoms with van der Waals surface area (Å²) in [5.41, 5.74) is 0.385. The number of thiocarbonyl (C=S) groups is 1. The molecular formula is C7H10N2S. The average Bonchev–Trinajstić information content (AvgIpc) is 1.98. The minimum absolute atomic E-state index is 0.385. The highest BCUT2D eigenvalue weighted by molar-refractivity contribution is 7.81. The van der Waals surface area contributed by atoms with E-state index in [0.717, 1.165) is 6.54 Å². The van der Waals surface area contributed by atoms with Crippen LogP contribution in [0.15, 0.2) is 12.2 Å². The van der Waals surface area contributed by atoms with Gasteiger partial charge in [0.15, 0.2) is 0 Å². The van der Waals surface area contributed by atoms with Crippen LogP contribution in [0.1, 0.15) is 6.92 Å². The summed E-state index contributed by atoms with van der Waals surface area (Å²) >= 11 is 4.86. The van der Waals surface area contributed by atoms with E-state index in [2.05, 4.69) is 11.9 Å². The lowest BCUT2D eigenvalue weighted by Gasteiger charge is -1.99. The smallest absolute Gasteiger partial charge is 0.0997 e. The number of rotatable bonds is 4. The second-order valence-corrected chi connectivity index (χ2v) is 2.29. The van der Waals surface area contributed by atoms with Crippen molar-refractivity contribution in [3.63, 3.8) is 0 Å². The molecule has 1 N–H and O–H groups in total. The van der Waals surface area contributed by atoms with Crippen LogP contribution in [-0.4, -0.2) is 18.0 Å². The van der Waals surface area contributed by atoms with Crippen LogP contribution in [-0.2, 0) is 0 Å². The van der Waals surface area contributed by atoms with Crippen molar-refractivity contribution >= 4 is 17.1 Å². The van der Waals surface area contributed by atoms with Crippen molar-refractivity contribution in [2.45, 2.75) is 6.92 Å². The summed E-state index contributed by atoms with van der Waals surface area (Å²) in [6, 6.07) is 1.90. The molecule has 0 aromatic heterocycles. The highest BCUT2D eigenvalue weighted by Crippen LogP contribution is 1.90. The van der Waals surface area contributed by atoms with Crippen molar-refractivity contribution < 1.29 is 0 Å². The fourth-order valence-corrected chi connectivity index (χ4v) is 0.555. The molecule has 0 spiro atoms. The van der Waals surface area contributed by atoms with Gasteiger partial charge in [-0.3, -0.25) is 0 Å². The van der Waals surface area contributed by atoms with E-state index in [9.17, 15) is 0 Å². The lowest BCUT2D eigenvalue weighted by Crippen LogP contribution is -2.21. The Morgan fingerprint density at radius 3 is 2.80 bits per heavy atom. The molecule has 0 aliphatic carbocycles. The average molecular weight is 154 g/mol. The first-order valence-electron chi connectivity index (χ1n) is 3.05. The summed E-state index contributed by atoms with van der Waals surface area (Å²) in [5, 5.41) is 11.3. The van der Waals surface area contributed by atoms with Gasteiger partial charge in [-0.2, -0.15) is 5.26 Å². The molecule has 0 aromatic rings. The topological polar surface area (TPSA) is 35.8 Å². The molecule has 54 valence electrons. The molecule has 0 bridgehead atoms. The Balaban J connectivity index is 3.66. The van der Waals surface area contributed by atoms with Gasteiger partial charge in [0, 0.05) is 11.4 Å². The Bertz CT molecular complexity index is 179. The van der Waals surface area contributed by atoms with Crippen molar-refractivity contribution in [1.29, 1.82) is 5.26 Å². The van der Waals surface area contributed by atoms with Crippen LogP contribution in [0.3, 0.4) is 0 Å². The quantitative estimate of drug-likeness (QED) is 0.373. The van der Waals surface area contributed by atoms with E-state index >= 15 is 0 Å².